The Morgan fingerprint density at radius 3 is 2.38 bits per heavy atom. The molecule has 0 heterocycles. The number of carbonyl (C=O) groups is 1. The molecule has 0 aliphatic rings. The molecule has 0 saturated carbocycles. The van der Waals surface area contributed by atoms with E-state index in [0.29, 0.717) is 0 Å². The van der Waals surface area contributed by atoms with Crippen LogP contribution in [0.4, 0.5) is 4.79 Å². The zero-order chi connectivity index (χ0) is 6.57. The van der Waals surface area contributed by atoms with Crippen molar-refractivity contribution in [1.82, 2.24) is 9.03 Å². The lowest BCUT2D eigenvalue weighted by molar-refractivity contribution is 0.264. The molecule has 0 fully saturated rings. The number of hydrogen-bond donors (Lipinski definition) is 1. The Morgan fingerprint density at radius 2 is 2.25 bits per heavy atom. The van der Waals surface area contributed by atoms with Crippen molar-refractivity contribution in [2.75, 3.05) is 14.1 Å². The van der Waals surface area contributed by atoms with Gasteiger partial charge in [0, 0.05) is 12.1 Å². The van der Waals surface area contributed by atoms with Crippen molar-refractivity contribution in [2.45, 2.75) is 0 Å². The third-order valence-corrected chi connectivity index (χ3v) is 1.16. The Morgan fingerprint density at radius 1 is 1.75 bits per heavy atom. The van der Waals surface area contributed by atoms with Gasteiger partial charge in [0.1, 0.15) is 0 Å². The molecule has 1 amide bonds. The van der Waals surface area contributed by atoms with E-state index >= 15 is 0 Å². The van der Waals surface area contributed by atoms with Crippen molar-refractivity contribution in [3.05, 3.63) is 0 Å². The molecular formula is C3H7ClN2OS. The van der Waals surface area contributed by atoms with Crippen molar-refractivity contribution < 1.29 is 4.79 Å². The molecule has 5 heteroatoms. The van der Waals surface area contributed by atoms with Crippen LogP contribution in [0.25, 0.3) is 0 Å². The smallest absolute Gasteiger partial charge is 0.273 e. The second kappa shape index (κ2) is 4.00. The summed E-state index contributed by atoms with van der Waals surface area (Å²) in [5.74, 6) is 0. The van der Waals surface area contributed by atoms with E-state index in [4.69, 9.17) is 11.6 Å². The predicted molar refractivity (Wildman–Crippen MR) is 35.7 cm³/mol. The highest BCUT2D eigenvalue weighted by atomic mass is 35.5. The van der Waals surface area contributed by atoms with Gasteiger partial charge < -0.3 is 0 Å². The number of carbonyl (C=O) groups excluding carboxylic acids is 1. The largest absolute Gasteiger partial charge is 0.324 e. The summed E-state index contributed by atoms with van der Waals surface area (Å²) < 4.78 is 4.04. The number of nitrogens with zero attached hydrogens (tertiary/aromatic N) is 1. The Balaban J connectivity index is 3.05. The fourth-order valence-electron chi connectivity index (χ4n) is 0.127. The first kappa shape index (κ1) is 8.07. The fraction of sp³-hybridized carbons (Fsp3) is 0.667. The molecule has 48 valence electrons. The second-order valence-corrected chi connectivity index (χ2v) is 2.74. The van der Waals surface area contributed by atoms with Gasteiger partial charge in [-0.2, -0.15) is 0 Å². The molecule has 0 atom stereocenters. The molecule has 8 heavy (non-hydrogen) atoms. The Bertz CT molecular complexity index is 87.4. The lowest BCUT2D eigenvalue weighted by atomic mass is 11.3. The standard InChI is InChI=1S/C3H7ClN2OS/c1-6(2)8-5-3(4)7/h1-2H3,(H,5,7). The summed E-state index contributed by atoms with van der Waals surface area (Å²) in [7, 11) is 3.61. The Labute approximate surface area is 57.6 Å². The highest BCUT2D eigenvalue weighted by Gasteiger charge is 1.92. The van der Waals surface area contributed by atoms with Crippen molar-refractivity contribution in [2.24, 2.45) is 0 Å². The molecule has 0 unspecified atom stereocenters. The first-order chi connectivity index (χ1) is 3.63. The van der Waals surface area contributed by atoms with E-state index in [1.54, 1.807) is 18.4 Å². The van der Waals surface area contributed by atoms with Gasteiger partial charge in [0.05, 0.1) is 0 Å². The monoisotopic (exact) mass is 154 g/mol. The van der Waals surface area contributed by atoms with Crippen LogP contribution in [0.5, 0.6) is 0 Å². The van der Waals surface area contributed by atoms with Crippen LogP contribution in [-0.4, -0.2) is 23.8 Å². The SMILES string of the molecule is CN(C)SNC(=O)Cl. The minimum atomic E-state index is -0.552. The van der Waals surface area contributed by atoms with E-state index in [9.17, 15) is 4.79 Å². The van der Waals surface area contributed by atoms with Crippen LogP contribution in [0.2, 0.25) is 0 Å². The van der Waals surface area contributed by atoms with Gasteiger partial charge in [0.2, 0.25) is 0 Å². The van der Waals surface area contributed by atoms with E-state index < -0.39 is 5.37 Å². The van der Waals surface area contributed by atoms with Gasteiger partial charge in [-0.1, -0.05) is 0 Å². The molecule has 0 aromatic carbocycles. The third kappa shape index (κ3) is 6.07. The van der Waals surface area contributed by atoms with Gasteiger partial charge in [-0.15, -0.1) is 0 Å². The second-order valence-electron chi connectivity index (χ2n) is 1.28. The van der Waals surface area contributed by atoms with Crippen LogP contribution in [0.1, 0.15) is 0 Å². The molecule has 0 aliphatic heterocycles. The quantitative estimate of drug-likeness (QED) is 0.367. The van der Waals surface area contributed by atoms with E-state index in [2.05, 4.69) is 4.72 Å². The van der Waals surface area contributed by atoms with Gasteiger partial charge in [0.25, 0.3) is 0 Å². The maximum atomic E-state index is 9.96. The molecule has 0 aliphatic carbocycles. The summed E-state index contributed by atoms with van der Waals surface area (Å²) in [5, 5.41) is -0.552. The van der Waals surface area contributed by atoms with Crippen LogP contribution >= 0.6 is 23.7 Å². The normalized spacial score (nSPS) is 9.50. The topological polar surface area (TPSA) is 32.3 Å². The summed E-state index contributed by atoms with van der Waals surface area (Å²) in [6, 6.07) is 0. The van der Waals surface area contributed by atoms with Crippen LogP contribution in [0.3, 0.4) is 0 Å². The molecule has 0 saturated heterocycles. The molecule has 0 spiro atoms. The van der Waals surface area contributed by atoms with E-state index in [1.165, 1.54) is 0 Å². The highest BCUT2D eigenvalue weighted by Crippen LogP contribution is 1.96. The number of hydrogen-bond acceptors (Lipinski definition) is 3. The van der Waals surface area contributed by atoms with Crippen molar-refractivity contribution in [3.8, 4) is 0 Å². The van der Waals surface area contributed by atoms with Crippen molar-refractivity contribution >= 4 is 29.1 Å². The predicted octanol–water partition coefficient (Wildman–Crippen LogP) is 1.06. The molecule has 1 N–H and O–H groups in total. The minimum Gasteiger partial charge on any atom is -0.273 e. The number of nitrogens with one attached hydrogen (secondary N) is 1. The van der Waals surface area contributed by atoms with Crippen LogP contribution in [0, 0.1) is 0 Å². The zero-order valence-corrected chi connectivity index (χ0v) is 6.21. The van der Waals surface area contributed by atoms with Crippen molar-refractivity contribution in [1.29, 1.82) is 0 Å². The molecule has 0 radical (unpaired) electrons. The minimum absolute atomic E-state index is 0.552. The molecule has 0 aromatic rings. The van der Waals surface area contributed by atoms with Gasteiger partial charge >= 0.3 is 5.37 Å². The van der Waals surface area contributed by atoms with Crippen LogP contribution in [0.15, 0.2) is 0 Å². The highest BCUT2D eigenvalue weighted by molar-refractivity contribution is 7.95. The fourth-order valence-corrected chi connectivity index (χ4v) is 0.485. The number of amides is 1. The average molecular weight is 155 g/mol. The van der Waals surface area contributed by atoms with Gasteiger partial charge in [-0.05, 0) is 25.7 Å². The Kier molecular flexibility index (Phi) is 4.03. The van der Waals surface area contributed by atoms with Gasteiger partial charge in [-0.3, -0.25) is 9.52 Å². The van der Waals surface area contributed by atoms with Gasteiger partial charge in [0.15, 0.2) is 0 Å². The third-order valence-electron chi connectivity index (χ3n) is 0.308. The van der Waals surface area contributed by atoms with E-state index in [-0.39, 0.29) is 0 Å². The van der Waals surface area contributed by atoms with Crippen molar-refractivity contribution in [3.63, 3.8) is 0 Å². The first-order valence-corrected chi connectivity index (χ1v) is 3.08. The summed E-state index contributed by atoms with van der Waals surface area (Å²) in [6.45, 7) is 0. The molecule has 0 aromatic heterocycles. The zero-order valence-electron chi connectivity index (χ0n) is 4.64. The lowest BCUT2D eigenvalue weighted by Gasteiger charge is -2.04. The summed E-state index contributed by atoms with van der Waals surface area (Å²) in [6.07, 6.45) is 0. The summed E-state index contributed by atoms with van der Waals surface area (Å²) >= 11 is 6.07. The first-order valence-electron chi connectivity index (χ1n) is 1.92. The molecule has 3 nitrogen and oxygen atoms in total. The summed E-state index contributed by atoms with van der Waals surface area (Å²) in [5.41, 5.74) is 0. The maximum absolute atomic E-state index is 9.96. The van der Waals surface area contributed by atoms with Gasteiger partial charge in [-0.25, -0.2) is 4.31 Å². The average Bonchev–Trinajstić information content (AvgIpc) is 1.61. The maximum Gasteiger partial charge on any atom is 0.324 e. The van der Waals surface area contributed by atoms with E-state index in [1.807, 2.05) is 0 Å². The number of halogens is 1. The van der Waals surface area contributed by atoms with Crippen LogP contribution < -0.4 is 4.72 Å². The molecule has 0 bridgehead atoms. The number of rotatable bonds is 2. The lowest BCUT2D eigenvalue weighted by Crippen LogP contribution is -2.13. The Hall–Kier alpha value is 0.0700. The van der Waals surface area contributed by atoms with E-state index in [0.717, 1.165) is 12.1 Å². The van der Waals surface area contributed by atoms with Crippen LogP contribution in [-0.2, 0) is 0 Å². The molecular weight excluding hydrogens is 148 g/mol. The molecule has 0 rings (SSSR count). The summed E-state index contributed by atoms with van der Waals surface area (Å²) in [4.78, 5) is 9.96.